The van der Waals surface area contributed by atoms with Crippen LogP contribution in [0.2, 0.25) is 0 Å². The maximum atomic E-state index is 11.2. The Morgan fingerprint density at radius 1 is 1.40 bits per heavy atom. The monoisotopic (exact) mass is 297 g/mol. The molecule has 0 aromatic carbocycles. The Morgan fingerprint density at radius 3 is 2.80 bits per heavy atom. The van der Waals surface area contributed by atoms with Crippen molar-refractivity contribution >= 4 is 17.3 Å². The lowest BCUT2D eigenvalue weighted by atomic mass is 9.85. The highest BCUT2D eigenvalue weighted by Crippen LogP contribution is 2.41. The van der Waals surface area contributed by atoms with Gasteiger partial charge in [-0.25, -0.2) is 4.98 Å². The van der Waals surface area contributed by atoms with Gasteiger partial charge in [0, 0.05) is 18.4 Å². The van der Waals surface area contributed by atoms with Crippen molar-refractivity contribution in [2.45, 2.75) is 57.5 Å². The molecular formula is C15H23NO3S. The number of rotatable bonds is 6. The van der Waals surface area contributed by atoms with Crippen LogP contribution in [-0.2, 0) is 26.3 Å². The van der Waals surface area contributed by atoms with E-state index in [9.17, 15) is 4.79 Å². The molecular weight excluding hydrogens is 274 g/mol. The zero-order valence-electron chi connectivity index (χ0n) is 12.3. The molecule has 0 bridgehead atoms. The van der Waals surface area contributed by atoms with Crippen LogP contribution in [0.25, 0.3) is 0 Å². The van der Waals surface area contributed by atoms with E-state index in [-0.39, 0.29) is 11.6 Å². The van der Waals surface area contributed by atoms with Gasteiger partial charge in [0.2, 0.25) is 0 Å². The van der Waals surface area contributed by atoms with Crippen LogP contribution in [0, 0.1) is 0 Å². The molecule has 1 aliphatic carbocycles. The van der Waals surface area contributed by atoms with Gasteiger partial charge in [-0.05, 0) is 19.8 Å². The molecule has 0 atom stereocenters. The standard InChI is InChI=1S/C15H23NO3S/c1-3-19-15(9-5-4-6-10-15)14-16-12(11-20-14)7-8-13(17)18-2/h11H,3-10H2,1-2H3. The number of aromatic nitrogens is 1. The number of nitrogens with zero attached hydrogens (tertiary/aromatic N) is 1. The van der Waals surface area contributed by atoms with E-state index in [0.29, 0.717) is 12.8 Å². The van der Waals surface area contributed by atoms with Crippen molar-refractivity contribution in [2.75, 3.05) is 13.7 Å². The Bertz CT molecular complexity index is 433. The zero-order chi connectivity index (χ0) is 14.4. The average Bonchev–Trinajstić information content (AvgIpc) is 2.95. The van der Waals surface area contributed by atoms with Crippen LogP contribution >= 0.6 is 11.3 Å². The highest BCUT2D eigenvalue weighted by molar-refractivity contribution is 7.09. The van der Waals surface area contributed by atoms with Gasteiger partial charge in [-0.3, -0.25) is 4.79 Å². The summed E-state index contributed by atoms with van der Waals surface area (Å²) in [5, 5.41) is 3.13. The van der Waals surface area contributed by atoms with Crippen molar-refractivity contribution in [1.82, 2.24) is 4.98 Å². The number of hydrogen-bond acceptors (Lipinski definition) is 5. The molecule has 1 aromatic rings. The first-order chi connectivity index (χ1) is 9.70. The topological polar surface area (TPSA) is 48.4 Å². The van der Waals surface area contributed by atoms with Crippen LogP contribution in [0.3, 0.4) is 0 Å². The van der Waals surface area contributed by atoms with E-state index in [1.807, 2.05) is 12.3 Å². The summed E-state index contributed by atoms with van der Waals surface area (Å²) >= 11 is 1.67. The van der Waals surface area contributed by atoms with Gasteiger partial charge in [0.25, 0.3) is 0 Å². The van der Waals surface area contributed by atoms with E-state index in [1.165, 1.54) is 26.4 Å². The van der Waals surface area contributed by atoms with Crippen LogP contribution in [0.1, 0.15) is 56.2 Å². The molecule has 4 nitrogen and oxygen atoms in total. The van der Waals surface area contributed by atoms with Gasteiger partial charge in [0.05, 0.1) is 19.2 Å². The Balaban J connectivity index is 2.06. The normalized spacial score (nSPS) is 17.9. The largest absolute Gasteiger partial charge is 0.469 e. The molecule has 0 unspecified atom stereocenters. The smallest absolute Gasteiger partial charge is 0.305 e. The van der Waals surface area contributed by atoms with Crippen molar-refractivity contribution in [3.05, 3.63) is 16.1 Å². The highest BCUT2D eigenvalue weighted by atomic mass is 32.1. The summed E-state index contributed by atoms with van der Waals surface area (Å²) < 4.78 is 10.7. The minimum atomic E-state index is -0.184. The van der Waals surface area contributed by atoms with E-state index in [2.05, 4.69) is 4.74 Å². The number of methoxy groups -OCH3 is 1. The molecule has 1 aromatic heterocycles. The molecule has 0 spiro atoms. The molecule has 1 aliphatic rings. The van der Waals surface area contributed by atoms with Crippen LogP contribution < -0.4 is 0 Å². The van der Waals surface area contributed by atoms with Gasteiger partial charge >= 0.3 is 5.97 Å². The Morgan fingerprint density at radius 2 is 2.15 bits per heavy atom. The summed E-state index contributed by atoms with van der Waals surface area (Å²) in [5.74, 6) is -0.184. The maximum Gasteiger partial charge on any atom is 0.305 e. The van der Waals surface area contributed by atoms with Crippen molar-refractivity contribution in [1.29, 1.82) is 0 Å². The Hall–Kier alpha value is -0.940. The number of esters is 1. The number of hydrogen-bond donors (Lipinski definition) is 0. The SMILES string of the molecule is CCOC1(c2nc(CCC(=O)OC)cs2)CCCCC1. The minimum Gasteiger partial charge on any atom is -0.469 e. The fraction of sp³-hybridized carbons (Fsp3) is 0.733. The third-order valence-corrected chi connectivity index (χ3v) is 4.91. The average molecular weight is 297 g/mol. The van der Waals surface area contributed by atoms with Crippen molar-refractivity contribution in [3.63, 3.8) is 0 Å². The van der Waals surface area contributed by atoms with Crippen molar-refractivity contribution in [3.8, 4) is 0 Å². The van der Waals surface area contributed by atoms with Crippen molar-refractivity contribution < 1.29 is 14.3 Å². The number of carbonyl (C=O) groups excluding carboxylic acids is 1. The van der Waals surface area contributed by atoms with E-state index in [4.69, 9.17) is 9.72 Å². The predicted molar refractivity (Wildman–Crippen MR) is 78.8 cm³/mol. The molecule has 0 amide bonds. The Labute approximate surface area is 124 Å². The molecule has 0 N–H and O–H groups in total. The summed E-state index contributed by atoms with van der Waals surface area (Å²) in [6.07, 6.45) is 6.85. The predicted octanol–water partition coefficient (Wildman–Crippen LogP) is 3.44. The third-order valence-electron chi connectivity index (χ3n) is 3.84. The number of ether oxygens (including phenoxy) is 2. The van der Waals surface area contributed by atoms with Crippen molar-refractivity contribution in [2.24, 2.45) is 0 Å². The summed E-state index contributed by atoms with van der Waals surface area (Å²) in [5.41, 5.74) is 0.793. The number of carbonyl (C=O) groups is 1. The maximum absolute atomic E-state index is 11.2. The van der Waals surface area contributed by atoms with Crippen LogP contribution in [-0.4, -0.2) is 24.7 Å². The van der Waals surface area contributed by atoms with Crippen LogP contribution in [0.15, 0.2) is 5.38 Å². The van der Waals surface area contributed by atoms with E-state index in [1.54, 1.807) is 11.3 Å². The quantitative estimate of drug-likeness (QED) is 0.755. The molecule has 20 heavy (non-hydrogen) atoms. The summed E-state index contributed by atoms with van der Waals surface area (Å²) in [4.78, 5) is 15.9. The van der Waals surface area contributed by atoms with Gasteiger partial charge in [-0.15, -0.1) is 11.3 Å². The van der Waals surface area contributed by atoms with Crippen LogP contribution in [0.4, 0.5) is 0 Å². The summed E-state index contributed by atoms with van der Waals surface area (Å²) in [6.45, 7) is 2.76. The van der Waals surface area contributed by atoms with Crippen LogP contribution in [0.5, 0.6) is 0 Å². The summed E-state index contributed by atoms with van der Waals surface area (Å²) in [6, 6.07) is 0. The number of thiazole rings is 1. The number of aryl methyl sites for hydroxylation is 1. The van der Waals surface area contributed by atoms with Gasteiger partial charge in [0.1, 0.15) is 10.6 Å². The Kier molecular flexibility index (Phi) is 5.54. The first kappa shape index (κ1) is 15.4. The molecule has 0 saturated heterocycles. The molecule has 5 heteroatoms. The van der Waals surface area contributed by atoms with Gasteiger partial charge in [-0.2, -0.15) is 0 Å². The molecule has 1 saturated carbocycles. The lowest BCUT2D eigenvalue weighted by Crippen LogP contribution is -2.32. The molecule has 2 rings (SSSR count). The van der Waals surface area contributed by atoms with Gasteiger partial charge in [-0.1, -0.05) is 19.3 Å². The molecule has 112 valence electrons. The minimum absolute atomic E-state index is 0.179. The van der Waals surface area contributed by atoms with E-state index >= 15 is 0 Å². The highest BCUT2D eigenvalue weighted by Gasteiger charge is 2.37. The van der Waals surface area contributed by atoms with Gasteiger partial charge < -0.3 is 9.47 Å². The molecule has 0 aliphatic heterocycles. The lowest BCUT2D eigenvalue weighted by molar-refractivity contribution is -0.140. The first-order valence-electron chi connectivity index (χ1n) is 7.36. The zero-order valence-corrected chi connectivity index (χ0v) is 13.1. The van der Waals surface area contributed by atoms with E-state index in [0.717, 1.165) is 30.2 Å². The second kappa shape index (κ2) is 7.18. The molecule has 1 fully saturated rings. The second-order valence-electron chi connectivity index (χ2n) is 5.21. The first-order valence-corrected chi connectivity index (χ1v) is 8.24. The lowest BCUT2D eigenvalue weighted by Gasteiger charge is -2.35. The molecule has 1 heterocycles. The fourth-order valence-electron chi connectivity index (χ4n) is 2.78. The molecule has 0 radical (unpaired) electrons. The van der Waals surface area contributed by atoms with Gasteiger partial charge in [0.15, 0.2) is 0 Å². The fourth-order valence-corrected chi connectivity index (χ4v) is 3.85. The summed E-state index contributed by atoms with van der Waals surface area (Å²) in [7, 11) is 1.42. The second-order valence-corrected chi connectivity index (χ2v) is 6.07. The van der Waals surface area contributed by atoms with E-state index < -0.39 is 0 Å². The third kappa shape index (κ3) is 3.58.